The molecule has 8 heteroatoms. The zero-order valence-corrected chi connectivity index (χ0v) is 17.2. The standard InChI is InChI=1S/C22H21ClN4O3/c1-2-30-19-12-14(11-17(23)21(19)28)13-24-25-22(29)20-16-9-6-10-18(16)27(26-20)15-7-4-3-5-8-15/h3-5,7-8,11-13,28H,2,6,9-10H2,1H3,(H,25,29)/b24-13+. The zero-order valence-electron chi connectivity index (χ0n) is 16.4. The van der Waals surface area contributed by atoms with E-state index < -0.39 is 0 Å². The first kappa shape index (κ1) is 20.0. The quantitative estimate of drug-likeness (QED) is 0.464. The van der Waals surface area contributed by atoms with Crippen molar-refractivity contribution in [3.8, 4) is 17.2 Å². The summed E-state index contributed by atoms with van der Waals surface area (Å²) in [7, 11) is 0. The first-order valence-electron chi connectivity index (χ1n) is 9.73. The number of nitrogens with one attached hydrogen (secondary N) is 1. The molecule has 30 heavy (non-hydrogen) atoms. The van der Waals surface area contributed by atoms with Crippen LogP contribution in [0.5, 0.6) is 11.5 Å². The molecule has 0 saturated carbocycles. The van der Waals surface area contributed by atoms with E-state index in [0.717, 1.165) is 36.2 Å². The molecule has 3 aromatic rings. The van der Waals surface area contributed by atoms with Crippen molar-refractivity contribution >= 4 is 23.7 Å². The molecule has 2 aromatic carbocycles. The van der Waals surface area contributed by atoms with E-state index in [1.807, 2.05) is 35.0 Å². The molecule has 0 atom stereocenters. The highest BCUT2D eigenvalue weighted by molar-refractivity contribution is 6.32. The Bertz CT molecular complexity index is 1110. The average molecular weight is 425 g/mol. The lowest BCUT2D eigenvalue weighted by Crippen LogP contribution is -2.20. The third kappa shape index (κ3) is 3.89. The van der Waals surface area contributed by atoms with Crippen LogP contribution >= 0.6 is 11.6 Å². The minimum Gasteiger partial charge on any atom is -0.503 e. The molecule has 1 amide bonds. The number of aromatic hydroxyl groups is 1. The summed E-state index contributed by atoms with van der Waals surface area (Å²) in [6.07, 6.45) is 4.15. The molecule has 1 aromatic heterocycles. The van der Waals surface area contributed by atoms with E-state index >= 15 is 0 Å². The maximum Gasteiger partial charge on any atom is 0.292 e. The molecule has 0 aliphatic heterocycles. The molecule has 0 unspecified atom stereocenters. The van der Waals surface area contributed by atoms with E-state index in [2.05, 4.69) is 15.6 Å². The number of hydrazone groups is 1. The third-order valence-corrected chi connectivity index (χ3v) is 5.16. The Hall–Kier alpha value is -3.32. The van der Waals surface area contributed by atoms with Gasteiger partial charge in [0.2, 0.25) is 0 Å². The van der Waals surface area contributed by atoms with Gasteiger partial charge in [-0.25, -0.2) is 10.1 Å². The largest absolute Gasteiger partial charge is 0.503 e. The summed E-state index contributed by atoms with van der Waals surface area (Å²) in [5.74, 6) is -0.229. The van der Waals surface area contributed by atoms with Gasteiger partial charge in [0.1, 0.15) is 0 Å². The van der Waals surface area contributed by atoms with Gasteiger partial charge in [-0.15, -0.1) is 0 Å². The fraction of sp³-hybridized carbons (Fsp3) is 0.227. The van der Waals surface area contributed by atoms with Gasteiger partial charge in [0.05, 0.1) is 23.5 Å². The Morgan fingerprint density at radius 1 is 1.33 bits per heavy atom. The molecule has 2 N–H and O–H groups in total. The number of para-hydroxylation sites is 1. The molecule has 0 saturated heterocycles. The van der Waals surface area contributed by atoms with Crippen LogP contribution in [0.3, 0.4) is 0 Å². The van der Waals surface area contributed by atoms with Crippen molar-refractivity contribution in [2.24, 2.45) is 5.10 Å². The molecule has 1 heterocycles. The number of benzene rings is 2. The number of hydrogen-bond acceptors (Lipinski definition) is 5. The van der Waals surface area contributed by atoms with Crippen LogP contribution in [0.15, 0.2) is 47.6 Å². The summed E-state index contributed by atoms with van der Waals surface area (Å²) in [5, 5.41) is 18.6. The summed E-state index contributed by atoms with van der Waals surface area (Å²) in [5.41, 5.74) is 6.48. The van der Waals surface area contributed by atoms with Gasteiger partial charge in [0, 0.05) is 11.3 Å². The van der Waals surface area contributed by atoms with Crippen LogP contribution in [0.25, 0.3) is 5.69 Å². The van der Waals surface area contributed by atoms with Gasteiger partial charge in [-0.1, -0.05) is 29.8 Å². The minimum absolute atomic E-state index is 0.123. The van der Waals surface area contributed by atoms with Gasteiger partial charge in [0.25, 0.3) is 5.91 Å². The number of rotatable bonds is 6. The molecular weight excluding hydrogens is 404 g/mol. The topological polar surface area (TPSA) is 88.7 Å². The molecule has 4 rings (SSSR count). The van der Waals surface area contributed by atoms with Gasteiger partial charge in [-0.2, -0.15) is 10.2 Å². The molecule has 0 spiro atoms. The van der Waals surface area contributed by atoms with E-state index in [-0.39, 0.29) is 22.4 Å². The number of halogens is 1. The van der Waals surface area contributed by atoms with Gasteiger partial charge >= 0.3 is 0 Å². The van der Waals surface area contributed by atoms with Crippen LogP contribution in [0.2, 0.25) is 5.02 Å². The van der Waals surface area contributed by atoms with Gasteiger partial charge in [-0.3, -0.25) is 4.79 Å². The first-order valence-corrected chi connectivity index (χ1v) is 10.1. The predicted molar refractivity (Wildman–Crippen MR) is 115 cm³/mol. The van der Waals surface area contributed by atoms with Gasteiger partial charge in [0.15, 0.2) is 17.2 Å². The first-order chi connectivity index (χ1) is 14.6. The van der Waals surface area contributed by atoms with E-state index in [1.165, 1.54) is 12.3 Å². The summed E-state index contributed by atoms with van der Waals surface area (Å²) >= 11 is 6.03. The van der Waals surface area contributed by atoms with Gasteiger partial charge in [-0.05, 0) is 56.0 Å². The second kappa shape index (κ2) is 8.59. The lowest BCUT2D eigenvalue weighted by molar-refractivity contribution is 0.0949. The smallest absolute Gasteiger partial charge is 0.292 e. The van der Waals surface area contributed by atoms with Crippen molar-refractivity contribution in [1.29, 1.82) is 0 Å². The third-order valence-electron chi connectivity index (χ3n) is 4.88. The lowest BCUT2D eigenvalue weighted by Gasteiger charge is -2.08. The lowest BCUT2D eigenvalue weighted by atomic mass is 10.2. The average Bonchev–Trinajstić information content (AvgIpc) is 3.35. The summed E-state index contributed by atoms with van der Waals surface area (Å²) in [6.45, 7) is 2.19. The highest BCUT2D eigenvalue weighted by Crippen LogP contribution is 2.34. The van der Waals surface area contributed by atoms with Crippen molar-refractivity contribution in [3.05, 3.63) is 70.0 Å². The minimum atomic E-state index is -0.367. The predicted octanol–water partition coefficient (Wildman–Crippen LogP) is 3.88. The number of carbonyl (C=O) groups excluding carboxylic acids is 1. The van der Waals surface area contributed by atoms with Crippen LogP contribution in [0.1, 0.15) is 40.7 Å². The second-order valence-corrected chi connectivity index (χ2v) is 7.26. The Labute approximate surface area is 178 Å². The Morgan fingerprint density at radius 3 is 2.90 bits per heavy atom. The molecule has 154 valence electrons. The number of hydrogen-bond donors (Lipinski definition) is 2. The molecular formula is C22H21ClN4O3. The number of phenols is 1. The van der Waals surface area contributed by atoms with Crippen LogP contribution in [0.4, 0.5) is 0 Å². The highest BCUT2D eigenvalue weighted by atomic mass is 35.5. The molecule has 7 nitrogen and oxygen atoms in total. The number of nitrogens with zero attached hydrogens (tertiary/aromatic N) is 3. The maximum absolute atomic E-state index is 12.7. The normalized spacial score (nSPS) is 12.9. The monoisotopic (exact) mass is 424 g/mol. The van der Waals surface area contributed by atoms with Crippen molar-refractivity contribution < 1.29 is 14.6 Å². The van der Waals surface area contributed by atoms with E-state index in [9.17, 15) is 9.90 Å². The van der Waals surface area contributed by atoms with Crippen molar-refractivity contribution in [1.82, 2.24) is 15.2 Å². The molecule has 0 radical (unpaired) electrons. The molecule has 0 fully saturated rings. The second-order valence-electron chi connectivity index (χ2n) is 6.86. The van der Waals surface area contributed by atoms with E-state index in [0.29, 0.717) is 17.9 Å². The Balaban J connectivity index is 1.54. The summed E-state index contributed by atoms with van der Waals surface area (Å²) in [4.78, 5) is 12.7. The van der Waals surface area contributed by atoms with Crippen molar-refractivity contribution in [2.45, 2.75) is 26.2 Å². The summed E-state index contributed by atoms with van der Waals surface area (Å²) in [6, 6.07) is 12.9. The Morgan fingerprint density at radius 2 is 2.13 bits per heavy atom. The maximum atomic E-state index is 12.7. The van der Waals surface area contributed by atoms with Crippen molar-refractivity contribution in [3.63, 3.8) is 0 Å². The van der Waals surface area contributed by atoms with E-state index in [1.54, 1.807) is 13.0 Å². The zero-order chi connectivity index (χ0) is 21.1. The molecule has 1 aliphatic rings. The van der Waals surface area contributed by atoms with Crippen molar-refractivity contribution in [2.75, 3.05) is 6.61 Å². The van der Waals surface area contributed by atoms with Crippen LogP contribution < -0.4 is 10.2 Å². The summed E-state index contributed by atoms with van der Waals surface area (Å²) < 4.78 is 7.20. The van der Waals surface area contributed by atoms with E-state index in [4.69, 9.17) is 16.3 Å². The van der Waals surface area contributed by atoms with Crippen LogP contribution in [-0.2, 0) is 12.8 Å². The number of phenolic OH excluding ortho intramolecular Hbond substituents is 1. The number of fused-ring (bicyclic) bond motifs is 1. The number of ether oxygens (including phenoxy) is 1. The Kier molecular flexibility index (Phi) is 5.72. The fourth-order valence-corrected chi connectivity index (χ4v) is 3.77. The van der Waals surface area contributed by atoms with Gasteiger partial charge < -0.3 is 9.84 Å². The van der Waals surface area contributed by atoms with Crippen LogP contribution in [-0.4, -0.2) is 33.6 Å². The number of amides is 1. The molecule has 0 bridgehead atoms. The van der Waals surface area contributed by atoms with Crippen LogP contribution in [0, 0.1) is 0 Å². The SMILES string of the molecule is CCOc1cc(/C=N/NC(=O)c2nn(-c3ccccc3)c3c2CCC3)cc(Cl)c1O. The number of carbonyl (C=O) groups is 1. The fourth-order valence-electron chi connectivity index (χ4n) is 3.55. The highest BCUT2D eigenvalue weighted by Gasteiger charge is 2.26. The molecule has 1 aliphatic carbocycles. The number of aromatic nitrogens is 2.